The van der Waals surface area contributed by atoms with Gasteiger partial charge in [0, 0.05) is 60.6 Å². The molecule has 2 amide bonds. The molecule has 1 aromatic heterocycles. The molecular formula is C30H38N6O3. The van der Waals surface area contributed by atoms with Crippen molar-refractivity contribution in [2.24, 2.45) is 5.73 Å². The Morgan fingerprint density at radius 2 is 1.69 bits per heavy atom. The van der Waals surface area contributed by atoms with Crippen molar-refractivity contribution in [3.8, 4) is 0 Å². The van der Waals surface area contributed by atoms with Gasteiger partial charge in [0.2, 0.25) is 5.91 Å². The van der Waals surface area contributed by atoms with Crippen LogP contribution in [0.5, 0.6) is 0 Å². The van der Waals surface area contributed by atoms with Crippen molar-refractivity contribution in [3.05, 3.63) is 78.0 Å². The molecule has 9 heteroatoms. The molecule has 2 aromatic carbocycles. The van der Waals surface area contributed by atoms with Crippen molar-refractivity contribution in [3.63, 3.8) is 0 Å². The number of ether oxygens (including phenoxy) is 1. The van der Waals surface area contributed by atoms with Crippen LogP contribution in [0.1, 0.15) is 44.7 Å². The van der Waals surface area contributed by atoms with Gasteiger partial charge in [-0.05, 0) is 63.4 Å². The maximum absolute atomic E-state index is 12.3. The van der Waals surface area contributed by atoms with Gasteiger partial charge in [-0.1, -0.05) is 30.3 Å². The van der Waals surface area contributed by atoms with Crippen molar-refractivity contribution < 1.29 is 14.3 Å². The molecule has 0 atom stereocenters. The number of likely N-dealkylation sites (tertiary alicyclic amines) is 1. The number of nitrogens with two attached hydrogens (primary N) is 1. The molecule has 1 saturated heterocycles. The van der Waals surface area contributed by atoms with Crippen molar-refractivity contribution >= 4 is 34.9 Å². The fraction of sp³-hybridized carbons (Fsp3) is 0.367. The van der Waals surface area contributed by atoms with Crippen LogP contribution in [0, 0.1) is 0 Å². The molecule has 206 valence electrons. The van der Waals surface area contributed by atoms with Crippen LogP contribution in [-0.2, 0) is 22.5 Å². The number of nitrogens with one attached hydrogen (secondary N) is 3. The number of aromatic nitrogens is 1. The van der Waals surface area contributed by atoms with E-state index < -0.39 is 11.5 Å². The zero-order valence-electron chi connectivity index (χ0n) is 22.9. The number of hydrogen-bond donors (Lipinski definition) is 4. The predicted molar refractivity (Wildman–Crippen MR) is 155 cm³/mol. The fourth-order valence-electron chi connectivity index (χ4n) is 4.40. The van der Waals surface area contributed by atoms with E-state index in [1.165, 1.54) is 0 Å². The zero-order chi connectivity index (χ0) is 27.8. The zero-order valence-corrected chi connectivity index (χ0v) is 22.9. The lowest BCUT2D eigenvalue weighted by atomic mass is 10.0. The summed E-state index contributed by atoms with van der Waals surface area (Å²) >= 11 is 0. The smallest absolute Gasteiger partial charge is 0.410 e. The van der Waals surface area contributed by atoms with E-state index in [0.717, 1.165) is 41.0 Å². The quantitative estimate of drug-likeness (QED) is 0.297. The Kier molecular flexibility index (Phi) is 8.91. The first kappa shape index (κ1) is 27.8. The number of benzene rings is 2. The van der Waals surface area contributed by atoms with Gasteiger partial charge < -0.3 is 31.3 Å². The number of amides is 2. The second-order valence-corrected chi connectivity index (χ2v) is 10.8. The number of primary amides is 1. The van der Waals surface area contributed by atoms with Crippen molar-refractivity contribution in [1.82, 2.24) is 9.88 Å². The van der Waals surface area contributed by atoms with E-state index in [1.807, 2.05) is 81.4 Å². The maximum Gasteiger partial charge on any atom is 0.410 e. The van der Waals surface area contributed by atoms with Crippen molar-refractivity contribution in [2.45, 2.75) is 58.2 Å². The van der Waals surface area contributed by atoms with Gasteiger partial charge in [-0.25, -0.2) is 9.78 Å². The first-order valence-electron chi connectivity index (χ1n) is 13.3. The van der Waals surface area contributed by atoms with Gasteiger partial charge in [0.25, 0.3) is 0 Å². The normalized spacial score (nSPS) is 14.0. The van der Waals surface area contributed by atoms with Crippen LogP contribution in [0.25, 0.3) is 0 Å². The van der Waals surface area contributed by atoms with E-state index in [-0.39, 0.29) is 12.5 Å². The molecule has 2 heterocycles. The summed E-state index contributed by atoms with van der Waals surface area (Å²) in [4.78, 5) is 30.1. The summed E-state index contributed by atoms with van der Waals surface area (Å²) in [6, 6.07) is 20.3. The first-order chi connectivity index (χ1) is 18.6. The van der Waals surface area contributed by atoms with Crippen LogP contribution >= 0.6 is 0 Å². The first-order valence-corrected chi connectivity index (χ1v) is 13.3. The molecule has 1 aliphatic heterocycles. The second-order valence-electron chi connectivity index (χ2n) is 10.8. The number of carbonyl (C=O) groups excluding carboxylic acids is 2. The standard InChI is InChI=1S/C30H38N6O3/c1-30(2,3)39-29(38)36-15-13-25(14-16-36)34-23-9-11-24(12-10-23)35-28-18-26(22(20-33-28)17-27(31)37)32-19-21-7-5-4-6-8-21/h4-12,18,20,25,34H,13-17,19H2,1-3H3,(H2,31,37)(H2,32,33,35). The SMILES string of the molecule is CC(C)(C)OC(=O)N1CCC(Nc2ccc(Nc3cc(NCc4ccccc4)c(CC(N)=O)cn3)cc2)CC1. The highest BCUT2D eigenvalue weighted by molar-refractivity contribution is 5.79. The Morgan fingerprint density at radius 3 is 2.33 bits per heavy atom. The molecule has 1 fully saturated rings. The van der Waals surface area contributed by atoms with Crippen LogP contribution in [0.3, 0.4) is 0 Å². The van der Waals surface area contributed by atoms with E-state index in [2.05, 4.69) is 20.9 Å². The van der Waals surface area contributed by atoms with E-state index in [9.17, 15) is 9.59 Å². The number of carbonyl (C=O) groups is 2. The third kappa shape index (κ3) is 8.63. The summed E-state index contributed by atoms with van der Waals surface area (Å²) < 4.78 is 5.49. The number of piperidine rings is 1. The molecule has 0 bridgehead atoms. The summed E-state index contributed by atoms with van der Waals surface area (Å²) in [7, 11) is 0. The van der Waals surface area contributed by atoms with Gasteiger partial charge in [-0.2, -0.15) is 0 Å². The third-order valence-corrected chi connectivity index (χ3v) is 6.35. The number of hydrogen-bond acceptors (Lipinski definition) is 7. The largest absolute Gasteiger partial charge is 0.444 e. The van der Waals surface area contributed by atoms with Crippen molar-refractivity contribution in [1.29, 1.82) is 0 Å². The molecule has 5 N–H and O–H groups in total. The summed E-state index contributed by atoms with van der Waals surface area (Å²) in [6.07, 6.45) is 3.27. The Bertz CT molecular complexity index is 1250. The number of anilines is 4. The molecule has 9 nitrogen and oxygen atoms in total. The highest BCUT2D eigenvalue weighted by Crippen LogP contribution is 2.25. The lowest BCUT2D eigenvalue weighted by Crippen LogP contribution is -2.44. The third-order valence-electron chi connectivity index (χ3n) is 6.35. The molecule has 0 unspecified atom stereocenters. The lowest BCUT2D eigenvalue weighted by molar-refractivity contribution is -0.117. The average Bonchev–Trinajstić information content (AvgIpc) is 2.89. The Hall–Kier alpha value is -4.27. The van der Waals surface area contributed by atoms with Gasteiger partial charge in [0.05, 0.1) is 6.42 Å². The molecule has 1 aliphatic rings. The molecule has 4 rings (SSSR count). The highest BCUT2D eigenvalue weighted by atomic mass is 16.6. The minimum atomic E-state index is -0.483. The van der Waals surface area contributed by atoms with Crippen LogP contribution in [0.2, 0.25) is 0 Å². The van der Waals surface area contributed by atoms with Gasteiger partial charge in [-0.3, -0.25) is 4.79 Å². The minimum absolute atomic E-state index is 0.113. The summed E-state index contributed by atoms with van der Waals surface area (Å²) in [6.45, 7) is 7.61. The van der Waals surface area contributed by atoms with Crippen molar-refractivity contribution in [2.75, 3.05) is 29.0 Å². The lowest BCUT2D eigenvalue weighted by Gasteiger charge is -2.34. The van der Waals surface area contributed by atoms with Crippen LogP contribution in [-0.4, -0.2) is 46.6 Å². The fourth-order valence-corrected chi connectivity index (χ4v) is 4.40. The van der Waals surface area contributed by atoms with Gasteiger partial charge in [0.1, 0.15) is 11.4 Å². The van der Waals surface area contributed by atoms with E-state index in [4.69, 9.17) is 10.5 Å². The van der Waals surface area contributed by atoms with Crippen LogP contribution < -0.4 is 21.7 Å². The maximum atomic E-state index is 12.3. The monoisotopic (exact) mass is 530 g/mol. The highest BCUT2D eigenvalue weighted by Gasteiger charge is 2.26. The second kappa shape index (κ2) is 12.5. The van der Waals surface area contributed by atoms with Crippen LogP contribution in [0.15, 0.2) is 66.9 Å². The molecular weight excluding hydrogens is 492 g/mol. The van der Waals surface area contributed by atoms with E-state index in [1.54, 1.807) is 11.1 Å². The Morgan fingerprint density at radius 1 is 1.03 bits per heavy atom. The summed E-state index contributed by atoms with van der Waals surface area (Å²) in [5.41, 5.74) is 9.57. The number of pyridine rings is 1. The summed E-state index contributed by atoms with van der Waals surface area (Å²) in [5, 5.41) is 10.3. The Labute approximate surface area is 230 Å². The number of rotatable bonds is 9. The van der Waals surface area contributed by atoms with E-state index in [0.29, 0.717) is 31.5 Å². The molecule has 0 aliphatic carbocycles. The minimum Gasteiger partial charge on any atom is -0.444 e. The van der Waals surface area contributed by atoms with Gasteiger partial charge in [-0.15, -0.1) is 0 Å². The molecule has 0 saturated carbocycles. The predicted octanol–water partition coefficient (Wildman–Crippen LogP) is 5.28. The topological polar surface area (TPSA) is 122 Å². The molecule has 39 heavy (non-hydrogen) atoms. The van der Waals surface area contributed by atoms with Gasteiger partial charge in [0.15, 0.2) is 0 Å². The average molecular weight is 531 g/mol. The van der Waals surface area contributed by atoms with E-state index >= 15 is 0 Å². The molecule has 0 spiro atoms. The van der Waals surface area contributed by atoms with Gasteiger partial charge >= 0.3 is 6.09 Å². The molecule has 3 aromatic rings. The Balaban J connectivity index is 1.33. The summed E-state index contributed by atoms with van der Waals surface area (Å²) in [5.74, 6) is 0.257. The molecule has 0 radical (unpaired) electrons. The number of nitrogens with zero attached hydrogens (tertiary/aromatic N) is 2. The van der Waals surface area contributed by atoms with Crippen LogP contribution in [0.4, 0.5) is 27.7 Å².